The number of aryl methyl sites for hydroxylation is 1. The Kier molecular flexibility index (Phi) is 5.09. The molecule has 0 aliphatic rings. The molecule has 13 heavy (non-hydrogen) atoms. The highest BCUT2D eigenvalue weighted by molar-refractivity contribution is 7.09. The van der Waals surface area contributed by atoms with Crippen molar-refractivity contribution in [3.8, 4) is 0 Å². The SMILES string of the molecule is CCCC(CN)CCc1cccs1. The van der Waals surface area contributed by atoms with Gasteiger partial charge in [-0.1, -0.05) is 19.4 Å². The topological polar surface area (TPSA) is 26.0 Å². The number of rotatable bonds is 6. The zero-order valence-corrected chi connectivity index (χ0v) is 9.15. The Morgan fingerprint density at radius 1 is 1.46 bits per heavy atom. The van der Waals surface area contributed by atoms with Crippen molar-refractivity contribution in [2.75, 3.05) is 6.54 Å². The highest BCUT2D eigenvalue weighted by Gasteiger charge is 2.05. The summed E-state index contributed by atoms with van der Waals surface area (Å²) < 4.78 is 0. The van der Waals surface area contributed by atoms with Crippen molar-refractivity contribution in [2.24, 2.45) is 11.7 Å². The largest absolute Gasteiger partial charge is 0.330 e. The highest BCUT2D eigenvalue weighted by atomic mass is 32.1. The lowest BCUT2D eigenvalue weighted by atomic mass is 9.98. The van der Waals surface area contributed by atoms with Gasteiger partial charge in [-0.25, -0.2) is 0 Å². The maximum absolute atomic E-state index is 5.70. The van der Waals surface area contributed by atoms with Gasteiger partial charge in [0.25, 0.3) is 0 Å². The molecule has 1 rings (SSSR count). The smallest absolute Gasteiger partial charge is 0.00453 e. The van der Waals surface area contributed by atoms with E-state index in [1.807, 2.05) is 11.3 Å². The maximum Gasteiger partial charge on any atom is 0.00453 e. The van der Waals surface area contributed by atoms with E-state index in [0.717, 1.165) is 12.5 Å². The molecule has 0 fully saturated rings. The number of nitrogens with two attached hydrogens (primary N) is 1. The van der Waals surface area contributed by atoms with Crippen molar-refractivity contribution in [1.29, 1.82) is 0 Å². The van der Waals surface area contributed by atoms with Gasteiger partial charge < -0.3 is 5.73 Å². The second-order valence-corrected chi connectivity index (χ2v) is 4.54. The number of hydrogen-bond donors (Lipinski definition) is 1. The lowest BCUT2D eigenvalue weighted by Gasteiger charge is -2.12. The highest BCUT2D eigenvalue weighted by Crippen LogP contribution is 2.16. The van der Waals surface area contributed by atoms with E-state index in [1.54, 1.807) is 0 Å². The summed E-state index contributed by atoms with van der Waals surface area (Å²) >= 11 is 1.85. The van der Waals surface area contributed by atoms with E-state index in [0.29, 0.717) is 0 Å². The van der Waals surface area contributed by atoms with E-state index >= 15 is 0 Å². The fraction of sp³-hybridized carbons (Fsp3) is 0.636. The van der Waals surface area contributed by atoms with Gasteiger partial charge in [0.2, 0.25) is 0 Å². The van der Waals surface area contributed by atoms with Crippen LogP contribution < -0.4 is 5.73 Å². The summed E-state index contributed by atoms with van der Waals surface area (Å²) in [6, 6.07) is 4.33. The van der Waals surface area contributed by atoms with Crippen molar-refractivity contribution < 1.29 is 0 Å². The van der Waals surface area contributed by atoms with E-state index in [9.17, 15) is 0 Å². The zero-order chi connectivity index (χ0) is 9.52. The minimum atomic E-state index is 0.729. The molecule has 0 aromatic carbocycles. The molecule has 1 unspecified atom stereocenters. The molecule has 2 N–H and O–H groups in total. The second-order valence-electron chi connectivity index (χ2n) is 3.51. The quantitative estimate of drug-likeness (QED) is 0.745. The van der Waals surface area contributed by atoms with Crippen LogP contribution in [0.2, 0.25) is 0 Å². The zero-order valence-electron chi connectivity index (χ0n) is 8.33. The molecular weight excluding hydrogens is 178 g/mol. The summed E-state index contributed by atoms with van der Waals surface area (Å²) in [5, 5.41) is 2.15. The Labute approximate surface area is 85.0 Å². The van der Waals surface area contributed by atoms with E-state index in [-0.39, 0.29) is 0 Å². The summed E-state index contributed by atoms with van der Waals surface area (Å²) in [4.78, 5) is 1.49. The Balaban J connectivity index is 2.23. The summed E-state index contributed by atoms with van der Waals surface area (Å²) in [6.07, 6.45) is 5.00. The van der Waals surface area contributed by atoms with Crippen molar-refractivity contribution in [1.82, 2.24) is 0 Å². The standard InChI is InChI=1S/C11H19NS/c1-2-4-10(9-12)6-7-11-5-3-8-13-11/h3,5,8,10H,2,4,6-7,9,12H2,1H3. The first kappa shape index (κ1) is 10.7. The molecule has 1 nitrogen and oxygen atoms in total. The number of thiophene rings is 1. The summed E-state index contributed by atoms with van der Waals surface area (Å²) in [5.74, 6) is 0.729. The van der Waals surface area contributed by atoms with Gasteiger partial charge in [0.15, 0.2) is 0 Å². The van der Waals surface area contributed by atoms with Crippen LogP contribution in [0, 0.1) is 5.92 Å². The van der Waals surface area contributed by atoms with Crippen LogP contribution in [-0.4, -0.2) is 6.54 Å². The van der Waals surface area contributed by atoms with Crippen LogP contribution >= 0.6 is 11.3 Å². The van der Waals surface area contributed by atoms with Gasteiger partial charge in [0.05, 0.1) is 0 Å². The normalized spacial score (nSPS) is 13.1. The Morgan fingerprint density at radius 3 is 2.85 bits per heavy atom. The van der Waals surface area contributed by atoms with Crippen LogP contribution in [0.4, 0.5) is 0 Å². The first-order chi connectivity index (χ1) is 6.36. The van der Waals surface area contributed by atoms with Crippen LogP contribution in [0.15, 0.2) is 17.5 Å². The fourth-order valence-electron chi connectivity index (χ4n) is 1.59. The average molecular weight is 197 g/mol. The molecule has 1 aromatic rings. The third kappa shape index (κ3) is 3.92. The number of hydrogen-bond acceptors (Lipinski definition) is 2. The van der Waals surface area contributed by atoms with Crippen LogP contribution in [0.5, 0.6) is 0 Å². The van der Waals surface area contributed by atoms with Gasteiger partial charge in [-0.05, 0) is 43.2 Å². The van der Waals surface area contributed by atoms with Crippen LogP contribution in [0.25, 0.3) is 0 Å². The van der Waals surface area contributed by atoms with Crippen molar-refractivity contribution >= 4 is 11.3 Å². The first-order valence-corrected chi connectivity index (χ1v) is 5.97. The molecule has 0 aliphatic heterocycles. The molecule has 0 spiro atoms. The molecule has 1 heterocycles. The minimum absolute atomic E-state index is 0.729. The lowest BCUT2D eigenvalue weighted by Crippen LogP contribution is -2.14. The third-order valence-corrected chi connectivity index (χ3v) is 3.35. The predicted octanol–water partition coefficient (Wildman–Crippen LogP) is 3.06. The molecule has 0 saturated carbocycles. The summed E-state index contributed by atoms with van der Waals surface area (Å²) in [7, 11) is 0. The molecule has 1 aromatic heterocycles. The van der Waals surface area contributed by atoms with Gasteiger partial charge in [0, 0.05) is 4.88 Å². The predicted molar refractivity (Wildman–Crippen MR) is 60.1 cm³/mol. The monoisotopic (exact) mass is 197 g/mol. The van der Waals surface area contributed by atoms with Gasteiger partial charge in [-0.3, -0.25) is 0 Å². The molecule has 0 radical (unpaired) electrons. The van der Waals surface area contributed by atoms with E-state index < -0.39 is 0 Å². The molecule has 0 aliphatic carbocycles. The minimum Gasteiger partial charge on any atom is -0.330 e. The van der Waals surface area contributed by atoms with Crippen molar-refractivity contribution in [3.63, 3.8) is 0 Å². The molecule has 0 bridgehead atoms. The summed E-state index contributed by atoms with van der Waals surface area (Å²) in [6.45, 7) is 3.08. The van der Waals surface area contributed by atoms with E-state index in [4.69, 9.17) is 5.73 Å². The second kappa shape index (κ2) is 6.17. The van der Waals surface area contributed by atoms with E-state index in [2.05, 4.69) is 24.4 Å². The average Bonchev–Trinajstić information content (AvgIpc) is 2.64. The Hall–Kier alpha value is -0.340. The van der Waals surface area contributed by atoms with Crippen LogP contribution in [-0.2, 0) is 6.42 Å². The van der Waals surface area contributed by atoms with Crippen molar-refractivity contribution in [2.45, 2.75) is 32.6 Å². The van der Waals surface area contributed by atoms with Crippen LogP contribution in [0.1, 0.15) is 31.1 Å². The first-order valence-electron chi connectivity index (χ1n) is 5.09. The third-order valence-electron chi connectivity index (χ3n) is 2.41. The van der Waals surface area contributed by atoms with Crippen molar-refractivity contribution in [3.05, 3.63) is 22.4 Å². The Morgan fingerprint density at radius 2 is 2.31 bits per heavy atom. The van der Waals surface area contributed by atoms with Gasteiger partial charge in [-0.2, -0.15) is 0 Å². The van der Waals surface area contributed by atoms with Gasteiger partial charge in [0.1, 0.15) is 0 Å². The summed E-state index contributed by atoms with van der Waals surface area (Å²) in [5.41, 5.74) is 5.70. The molecular formula is C11H19NS. The molecule has 0 saturated heterocycles. The molecule has 0 amide bonds. The lowest BCUT2D eigenvalue weighted by molar-refractivity contribution is 0.457. The van der Waals surface area contributed by atoms with E-state index in [1.165, 1.54) is 30.6 Å². The fourth-order valence-corrected chi connectivity index (χ4v) is 2.31. The molecule has 1 atom stereocenters. The maximum atomic E-state index is 5.70. The van der Waals surface area contributed by atoms with Gasteiger partial charge >= 0.3 is 0 Å². The molecule has 2 heteroatoms. The van der Waals surface area contributed by atoms with Gasteiger partial charge in [-0.15, -0.1) is 11.3 Å². The Bertz CT molecular complexity index is 206. The molecule has 74 valence electrons. The van der Waals surface area contributed by atoms with Crippen LogP contribution in [0.3, 0.4) is 0 Å².